The molecule has 6 nitrogen and oxygen atoms in total. The SMILES string of the molecule is CCC[C@H]1CCCN(C(=O)/C=C/c2cn(C)c(=O)n(C)c2=O)CC1. The summed E-state index contributed by atoms with van der Waals surface area (Å²) >= 11 is 0. The molecule has 1 saturated heterocycles. The number of aryl methyl sites for hydroxylation is 1. The van der Waals surface area contributed by atoms with Crippen molar-refractivity contribution < 1.29 is 4.79 Å². The van der Waals surface area contributed by atoms with Gasteiger partial charge in [-0.1, -0.05) is 19.8 Å². The first kappa shape index (κ1) is 18.2. The average molecular weight is 333 g/mol. The van der Waals surface area contributed by atoms with Crippen LogP contribution >= 0.6 is 0 Å². The van der Waals surface area contributed by atoms with E-state index in [0.717, 1.165) is 30.5 Å². The molecule has 1 atom stereocenters. The lowest BCUT2D eigenvalue weighted by Crippen LogP contribution is -2.37. The summed E-state index contributed by atoms with van der Waals surface area (Å²) in [5.74, 6) is 0.649. The monoisotopic (exact) mass is 333 g/mol. The number of rotatable bonds is 4. The summed E-state index contributed by atoms with van der Waals surface area (Å²) in [7, 11) is 3.02. The van der Waals surface area contributed by atoms with Crippen molar-refractivity contribution in [3.63, 3.8) is 0 Å². The molecule has 24 heavy (non-hydrogen) atoms. The first-order valence-electron chi connectivity index (χ1n) is 8.67. The van der Waals surface area contributed by atoms with Crippen LogP contribution < -0.4 is 11.2 Å². The van der Waals surface area contributed by atoms with E-state index in [1.807, 2.05) is 4.90 Å². The molecule has 1 aliphatic rings. The minimum atomic E-state index is -0.388. The fraction of sp³-hybridized carbons (Fsp3) is 0.611. The van der Waals surface area contributed by atoms with Crippen molar-refractivity contribution in [2.75, 3.05) is 13.1 Å². The Morgan fingerprint density at radius 2 is 2.00 bits per heavy atom. The van der Waals surface area contributed by atoms with Crippen LogP contribution in [0.4, 0.5) is 0 Å². The van der Waals surface area contributed by atoms with Crippen molar-refractivity contribution in [3.05, 3.63) is 38.7 Å². The quantitative estimate of drug-likeness (QED) is 0.785. The summed E-state index contributed by atoms with van der Waals surface area (Å²) in [4.78, 5) is 38.0. The molecule has 0 bridgehead atoms. The highest BCUT2D eigenvalue weighted by molar-refractivity contribution is 5.91. The Bertz CT molecular complexity index is 730. The molecule has 1 amide bonds. The molecule has 1 aliphatic heterocycles. The van der Waals surface area contributed by atoms with Crippen LogP contribution in [-0.4, -0.2) is 33.0 Å². The van der Waals surface area contributed by atoms with Gasteiger partial charge in [0.1, 0.15) is 0 Å². The van der Waals surface area contributed by atoms with Crippen molar-refractivity contribution in [1.82, 2.24) is 14.0 Å². The van der Waals surface area contributed by atoms with Crippen molar-refractivity contribution in [2.45, 2.75) is 39.0 Å². The van der Waals surface area contributed by atoms with Gasteiger partial charge in [0.2, 0.25) is 5.91 Å². The summed E-state index contributed by atoms with van der Waals surface area (Å²) < 4.78 is 2.39. The summed E-state index contributed by atoms with van der Waals surface area (Å²) in [6.07, 6.45) is 10.1. The van der Waals surface area contributed by atoms with E-state index in [1.54, 1.807) is 7.05 Å². The average Bonchev–Trinajstić information content (AvgIpc) is 2.81. The molecule has 2 heterocycles. The third-order valence-electron chi connectivity index (χ3n) is 4.73. The van der Waals surface area contributed by atoms with Gasteiger partial charge in [0, 0.05) is 39.5 Å². The van der Waals surface area contributed by atoms with Crippen LogP contribution in [0, 0.1) is 5.92 Å². The number of likely N-dealkylation sites (tertiary alicyclic amines) is 1. The minimum Gasteiger partial charge on any atom is -0.339 e. The highest BCUT2D eigenvalue weighted by atomic mass is 16.2. The van der Waals surface area contributed by atoms with Crippen LogP contribution in [0.5, 0.6) is 0 Å². The van der Waals surface area contributed by atoms with Gasteiger partial charge in [-0.15, -0.1) is 0 Å². The third kappa shape index (κ3) is 4.24. The Hall–Kier alpha value is -2.11. The van der Waals surface area contributed by atoms with Crippen LogP contribution in [0.15, 0.2) is 21.9 Å². The zero-order valence-electron chi connectivity index (χ0n) is 14.8. The third-order valence-corrected chi connectivity index (χ3v) is 4.73. The lowest BCUT2D eigenvalue weighted by molar-refractivity contribution is -0.125. The number of carbonyl (C=O) groups is 1. The second kappa shape index (κ2) is 8.13. The number of hydrogen-bond acceptors (Lipinski definition) is 3. The van der Waals surface area contributed by atoms with Crippen molar-refractivity contribution in [1.29, 1.82) is 0 Å². The molecule has 1 aromatic heterocycles. The van der Waals surface area contributed by atoms with E-state index in [0.29, 0.717) is 11.5 Å². The van der Waals surface area contributed by atoms with Gasteiger partial charge in [0.15, 0.2) is 0 Å². The number of nitrogens with zero attached hydrogens (tertiary/aromatic N) is 3. The van der Waals surface area contributed by atoms with E-state index in [9.17, 15) is 14.4 Å². The topological polar surface area (TPSA) is 64.3 Å². The molecule has 0 radical (unpaired) electrons. The van der Waals surface area contributed by atoms with Crippen molar-refractivity contribution >= 4 is 12.0 Å². The molecule has 0 N–H and O–H groups in total. The Morgan fingerprint density at radius 1 is 1.25 bits per heavy atom. The van der Waals surface area contributed by atoms with E-state index in [-0.39, 0.29) is 17.2 Å². The van der Waals surface area contributed by atoms with Crippen LogP contribution in [-0.2, 0) is 18.9 Å². The number of amides is 1. The molecule has 0 spiro atoms. The van der Waals surface area contributed by atoms with Crippen LogP contribution in [0.2, 0.25) is 0 Å². The summed E-state index contributed by atoms with van der Waals surface area (Å²) in [5, 5.41) is 0. The summed E-state index contributed by atoms with van der Waals surface area (Å²) in [5.41, 5.74) is -0.425. The first-order valence-corrected chi connectivity index (χ1v) is 8.67. The molecule has 0 aromatic carbocycles. The lowest BCUT2D eigenvalue weighted by Gasteiger charge is -2.18. The van der Waals surface area contributed by atoms with Gasteiger partial charge in [-0.25, -0.2) is 4.79 Å². The molecule has 0 saturated carbocycles. The molecular formula is C18H27N3O3. The zero-order chi connectivity index (χ0) is 17.7. The maximum absolute atomic E-state index is 12.4. The smallest absolute Gasteiger partial charge is 0.330 e. The van der Waals surface area contributed by atoms with Gasteiger partial charge in [-0.2, -0.15) is 0 Å². The Morgan fingerprint density at radius 3 is 2.71 bits per heavy atom. The predicted molar refractivity (Wildman–Crippen MR) is 94.8 cm³/mol. The standard InChI is InChI=1S/C18H27N3O3/c1-4-6-14-7-5-11-21(12-10-14)16(22)9-8-15-13-19(2)18(24)20(3)17(15)23/h8-9,13-14H,4-7,10-12H2,1-3H3/b9-8+/t14-/m0/s1. The van der Waals surface area contributed by atoms with E-state index in [2.05, 4.69) is 6.92 Å². The van der Waals surface area contributed by atoms with E-state index < -0.39 is 0 Å². The van der Waals surface area contributed by atoms with E-state index >= 15 is 0 Å². The number of hydrogen-bond donors (Lipinski definition) is 0. The minimum absolute atomic E-state index is 0.0666. The normalized spacial score (nSPS) is 18.8. The Kier molecular flexibility index (Phi) is 6.17. The van der Waals surface area contributed by atoms with Crippen molar-refractivity contribution in [3.8, 4) is 0 Å². The Balaban J connectivity index is 2.08. The van der Waals surface area contributed by atoms with Gasteiger partial charge in [-0.05, 0) is 31.3 Å². The highest BCUT2D eigenvalue weighted by Gasteiger charge is 2.18. The van der Waals surface area contributed by atoms with Gasteiger partial charge in [-0.3, -0.25) is 14.2 Å². The Labute approximate surface area is 142 Å². The van der Waals surface area contributed by atoms with Gasteiger partial charge in [0.25, 0.3) is 5.56 Å². The molecule has 0 aliphatic carbocycles. The number of carbonyl (C=O) groups excluding carboxylic acids is 1. The second-order valence-corrected chi connectivity index (χ2v) is 6.59. The highest BCUT2D eigenvalue weighted by Crippen LogP contribution is 2.22. The van der Waals surface area contributed by atoms with Gasteiger partial charge >= 0.3 is 5.69 Å². The molecule has 1 aromatic rings. The molecule has 132 valence electrons. The summed E-state index contributed by atoms with van der Waals surface area (Å²) in [6.45, 7) is 3.75. The molecule has 0 unspecified atom stereocenters. The predicted octanol–water partition coefficient (Wildman–Crippen LogP) is 1.53. The summed E-state index contributed by atoms with van der Waals surface area (Å²) in [6, 6.07) is 0. The second-order valence-electron chi connectivity index (χ2n) is 6.59. The molecule has 1 fully saturated rings. The zero-order valence-corrected chi connectivity index (χ0v) is 14.8. The lowest BCUT2D eigenvalue weighted by atomic mass is 9.96. The molecule has 6 heteroatoms. The number of aromatic nitrogens is 2. The van der Waals surface area contributed by atoms with E-state index in [1.165, 1.54) is 49.2 Å². The van der Waals surface area contributed by atoms with Gasteiger partial charge < -0.3 is 9.47 Å². The molecular weight excluding hydrogens is 306 g/mol. The van der Waals surface area contributed by atoms with Crippen molar-refractivity contribution in [2.24, 2.45) is 20.0 Å². The molecule has 2 rings (SSSR count). The van der Waals surface area contributed by atoms with E-state index in [4.69, 9.17) is 0 Å². The first-order chi connectivity index (χ1) is 11.4. The fourth-order valence-corrected chi connectivity index (χ4v) is 3.30. The maximum Gasteiger partial charge on any atom is 0.330 e. The van der Waals surface area contributed by atoms with Gasteiger partial charge in [0.05, 0.1) is 5.56 Å². The van der Waals surface area contributed by atoms with Crippen LogP contribution in [0.3, 0.4) is 0 Å². The maximum atomic E-state index is 12.4. The largest absolute Gasteiger partial charge is 0.339 e. The van der Waals surface area contributed by atoms with Crippen LogP contribution in [0.25, 0.3) is 6.08 Å². The fourth-order valence-electron chi connectivity index (χ4n) is 3.30. The van der Waals surface area contributed by atoms with Crippen LogP contribution in [0.1, 0.15) is 44.6 Å².